The third-order valence-electron chi connectivity index (χ3n) is 4.52. The number of amides is 1. The van der Waals surface area contributed by atoms with E-state index < -0.39 is 0 Å². The Balaban J connectivity index is 2.42. The maximum Gasteiger partial charge on any atom is 0.220 e. The molecule has 0 aliphatic carbocycles. The molecule has 27 heavy (non-hydrogen) atoms. The summed E-state index contributed by atoms with van der Waals surface area (Å²) in [6.07, 6.45) is 8.10. The zero-order chi connectivity index (χ0) is 20.2. The van der Waals surface area contributed by atoms with Crippen LogP contribution in [0.25, 0.3) is 0 Å². The van der Waals surface area contributed by atoms with Crippen LogP contribution in [0.5, 0.6) is 11.5 Å². The van der Waals surface area contributed by atoms with Crippen LogP contribution >= 0.6 is 0 Å². The maximum absolute atomic E-state index is 12.0. The Morgan fingerprint density at radius 2 is 1.85 bits per heavy atom. The van der Waals surface area contributed by atoms with Gasteiger partial charge in [-0.15, -0.1) is 0 Å². The fourth-order valence-electron chi connectivity index (χ4n) is 2.46. The van der Waals surface area contributed by atoms with E-state index in [2.05, 4.69) is 52.1 Å². The van der Waals surface area contributed by atoms with Gasteiger partial charge in [0.1, 0.15) is 0 Å². The Kier molecular flexibility index (Phi) is 10.6. The van der Waals surface area contributed by atoms with Gasteiger partial charge in [-0.1, -0.05) is 45.9 Å². The summed E-state index contributed by atoms with van der Waals surface area (Å²) in [5.74, 6) is 2.55. The first-order valence-electron chi connectivity index (χ1n) is 10.1. The smallest absolute Gasteiger partial charge is 0.220 e. The van der Waals surface area contributed by atoms with E-state index in [-0.39, 0.29) is 12.0 Å². The number of rotatable bonds is 12. The van der Waals surface area contributed by atoms with Crippen LogP contribution in [0.4, 0.5) is 0 Å². The molecule has 0 spiro atoms. The lowest BCUT2D eigenvalue weighted by molar-refractivity contribution is -0.121. The molecule has 0 radical (unpaired) electrons. The zero-order valence-corrected chi connectivity index (χ0v) is 17.9. The van der Waals surface area contributed by atoms with E-state index in [1.165, 1.54) is 0 Å². The van der Waals surface area contributed by atoms with Crippen molar-refractivity contribution in [1.82, 2.24) is 5.32 Å². The molecule has 0 saturated heterocycles. The molecule has 0 aromatic heterocycles. The Labute approximate surface area is 165 Å². The van der Waals surface area contributed by atoms with Crippen molar-refractivity contribution in [2.75, 3.05) is 7.11 Å². The summed E-state index contributed by atoms with van der Waals surface area (Å²) in [7, 11) is 1.64. The quantitative estimate of drug-likeness (QED) is 0.387. The first-order chi connectivity index (χ1) is 12.8. The van der Waals surface area contributed by atoms with E-state index >= 15 is 0 Å². The average Bonchev–Trinajstić information content (AvgIpc) is 2.63. The topological polar surface area (TPSA) is 47.6 Å². The average molecular weight is 376 g/mol. The number of hydrogen-bond acceptors (Lipinski definition) is 3. The lowest BCUT2D eigenvalue weighted by atomic mass is 10.1. The summed E-state index contributed by atoms with van der Waals surface area (Å²) in [6, 6.07) is 5.82. The van der Waals surface area contributed by atoms with Gasteiger partial charge in [0.25, 0.3) is 0 Å². The number of allylic oxidation sites excluding steroid dienone is 2. The van der Waals surface area contributed by atoms with Gasteiger partial charge >= 0.3 is 0 Å². The summed E-state index contributed by atoms with van der Waals surface area (Å²) in [5, 5.41) is 2.98. The summed E-state index contributed by atoms with van der Waals surface area (Å²) < 4.78 is 11.4. The van der Waals surface area contributed by atoms with Crippen LogP contribution in [-0.4, -0.2) is 19.1 Å². The van der Waals surface area contributed by atoms with Crippen molar-refractivity contribution < 1.29 is 14.3 Å². The predicted octanol–water partition coefficient (Wildman–Crippen LogP) is 5.51. The summed E-state index contributed by atoms with van der Waals surface area (Å²) in [4.78, 5) is 12.0. The molecule has 1 unspecified atom stereocenters. The minimum Gasteiger partial charge on any atom is -0.493 e. The van der Waals surface area contributed by atoms with E-state index in [1.807, 2.05) is 18.2 Å². The molecule has 0 aliphatic heterocycles. The molecule has 1 N–H and O–H groups in total. The highest BCUT2D eigenvalue weighted by atomic mass is 16.5. The summed E-state index contributed by atoms with van der Waals surface area (Å²) >= 11 is 0. The zero-order valence-electron chi connectivity index (χ0n) is 17.9. The maximum atomic E-state index is 12.0. The first kappa shape index (κ1) is 23.1. The van der Waals surface area contributed by atoms with Crippen molar-refractivity contribution in [2.24, 2.45) is 11.8 Å². The SMILES string of the molecule is COc1cc(CNC(=O)CCCC/C=C/C(C)C)ccc1OC(C)C(C)C. The lowest BCUT2D eigenvalue weighted by Gasteiger charge is -2.20. The van der Waals surface area contributed by atoms with Crippen LogP contribution in [0, 0.1) is 11.8 Å². The van der Waals surface area contributed by atoms with E-state index in [0.717, 1.165) is 30.6 Å². The molecule has 1 atom stereocenters. The van der Waals surface area contributed by atoms with Gasteiger partial charge in [0.2, 0.25) is 5.91 Å². The van der Waals surface area contributed by atoms with Crippen LogP contribution in [0.2, 0.25) is 0 Å². The molecule has 4 nitrogen and oxygen atoms in total. The van der Waals surface area contributed by atoms with Crippen molar-refractivity contribution >= 4 is 5.91 Å². The highest BCUT2D eigenvalue weighted by molar-refractivity contribution is 5.75. The molecule has 0 saturated carbocycles. The number of ether oxygens (including phenoxy) is 2. The van der Waals surface area contributed by atoms with Gasteiger partial charge in [-0.05, 0) is 55.7 Å². The van der Waals surface area contributed by atoms with Gasteiger partial charge in [-0.25, -0.2) is 0 Å². The largest absolute Gasteiger partial charge is 0.493 e. The van der Waals surface area contributed by atoms with Gasteiger partial charge in [0.15, 0.2) is 11.5 Å². The standard InChI is InChI=1S/C23H37NO3/c1-17(2)11-9-7-8-10-12-23(25)24-16-20-13-14-21(22(15-20)26-6)27-19(5)18(3)4/h9,11,13-15,17-19H,7-8,10,12,16H2,1-6H3,(H,24,25)/b11-9+. The molecule has 1 amide bonds. The molecular formula is C23H37NO3. The molecule has 0 bridgehead atoms. The second-order valence-electron chi connectivity index (χ2n) is 7.75. The van der Waals surface area contributed by atoms with Gasteiger partial charge in [-0.2, -0.15) is 0 Å². The fraction of sp³-hybridized carbons (Fsp3) is 0.609. The molecule has 0 heterocycles. The van der Waals surface area contributed by atoms with Crippen LogP contribution in [0.3, 0.4) is 0 Å². The molecule has 4 heteroatoms. The van der Waals surface area contributed by atoms with Crippen molar-refractivity contribution in [3.8, 4) is 11.5 Å². The van der Waals surface area contributed by atoms with E-state index in [9.17, 15) is 4.79 Å². The third kappa shape index (κ3) is 9.50. The van der Waals surface area contributed by atoms with E-state index in [4.69, 9.17) is 9.47 Å². The van der Waals surface area contributed by atoms with E-state index in [0.29, 0.717) is 30.6 Å². The number of carbonyl (C=O) groups excluding carboxylic acids is 1. The predicted molar refractivity (Wildman–Crippen MR) is 112 cm³/mol. The minimum absolute atomic E-state index is 0.0931. The number of unbranched alkanes of at least 4 members (excludes halogenated alkanes) is 2. The van der Waals surface area contributed by atoms with Crippen LogP contribution in [0.1, 0.15) is 65.9 Å². The minimum atomic E-state index is 0.0931. The normalized spacial score (nSPS) is 12.6. The van der Waals surface area contributed by atoms with Crippen molar-refractivity contribution in [2.45, 2.75) is 73.0 Å². The fourth-order valence-corrected chi connectivity index (χ4v) is 2.46. The third-order valence-corrected chi connectivity index (χ3v) is 4.52. The van der Waals surface area contributed by atoms with Gasteiger partial charge in [0, 0.05) is 13.0 Å². The monoisotopic (exact) mass is 375 g/mol. The first-order valence-corrected chi connectivity index (χ1v) is 10.1. The molecule has 0 fully saturated rings. The highest BCUT2D eigenvalue weighted by Crippen LogP contribution is 2.30. The van der Waals surface area contributed by atoms with Crippen LogP contribution in [0.15, 0.2) is 30.4 Å². The molecular weight excluding hydrogens is 338 g/mol. The Bertz CT molecular complexity index is 593. The van der Waals surface area contributed by atoms with Gasteiger partial charge in [0.05, 0.1) is 13.2 Å². The highest BCUT2D eigenvalue weighted by Gasteiger charge is 2.13. The Hall–Kier alpha value is -1.97. The van der Waals surface area contributed by atoms with Crippen molar-refractivity contribution in [1.29, 1.82) is 0 Å². The number of hydrogen-bond donors (Lipinski definition) is 1. The Morgan fingerprint density at radius 1 is 1.11 bits per heavy atom. The summed E-state index contributed by atoms with van der Waals surface area (Å²) in [6.45, 7) is 11.1. The summed E-state index contributed by atoms with van der Waals surface area (Å²) in [5.41, 5.74) is 1.00. The number of benzene rings is 1. The molecule has 1 aromatic carbocycles. The Morgan fingerprint density at radius 3 is 2.48 bits per heavy atom. The second-order valence-corrected chi connectivity index (χ2v) is 7.75. The molecule has 152 valence electrons. The van der Waals surface area contributed by atoms with E-state index in [1.54, 1.807) is 7.11 Å². The van der Waals surface area contributed by atoms with Gasteiger partial charge < -0.3 is 14.8 Å². The molecule has 1 aromatic rings. The lowest BCUT2D eigenvalue weighted by Crippen LogP contribution is -2.22. The molecule has 0 aliphatic rings. The van der Waals surface area contributed by atoms with Crippen LogP contribution in [-0.2, 0) is 11.3 Å². The number of methoxy groups -OCH3 is 1. The molecule has 1 rings (SSSR count). The second kappa shape index (κ2) is 12.4. The van der Waals surface area contributed by atoms with Gasteiger partial charge in [-0.3, -0.25) is 4.79 Å². The van der Waals surface area contributed by atoms with Crippen molar-refractivity contribution in [3.63, 3.8) is 0 Å². The number of nitrogens with one attached hydrogen (secondary N) is 1. The van der Waals surface area contributed by atoms with Crippen LogP contribution < -0.4 is 14.8 Å². The number of carbonyl (C=O) groups is 1. The van der Waals surface area contributed by atoms with Crippen molar-refractivity contribution in [3.05, 3.63) is 35.9 Å².